The predicted octanol–water partition coefficient (Wildman–Crippen LogP) is 3.45. The van der Waals surface area contributed by atoms with Crippen LogP contribution < -0.4 is 0 Å². The van der Waals surface area contributed by atoms with Crippen LogP contribution in [0.1, 0.15) is 0 Å². The summed E-state index contributed by atoms with van der Waals surface area (Å²) in [5, 5.41) is 0.688. The highest BCUT2D eigenvalue weighted by atomic mass is 127. The lowest BCUT2D eigenvalue weighted by molar-refractivity contribution is 1.13. The standard InChI is InChI=1S/C9H4Cl2IN3/c10-7-6(12)8(11)15-9(14-7)5-3-1-2-4-13-5/h1-4H. The molecule has 0 N–H and O–H groups in total. The van der Waals surface area contributed by atoms with Crippen LogP contribution in [-0.2, 0) is 0 Å². The lowest BCUT2D eigenvalue weighted by Crippen LogP contribution is -1.95. The smallest absolute Gasteiger partial charge is 0.181 e. The zero-order chi connectivity index (χ0) is 10.8. The maximum atomic E-state index is 5.90. The molecule has 0 aromatic carbocycles. The minimum absolute atomic E-state index is 0.344. The van der Waals surface area contributed by atoms with Crippen LogP contribution in [0.2, 0.25) is 10.3 Å². The van der Waals surface area contributed by atoms with Gasteiger partial charge in [-0.15, -0.1) is 0 Å². The van der Waals surface area contributed by atoms with E-state index in [0.717, 1.165) is 0 Å². The van der Waals surface area contributed by atoms with E-state index in [-0.39, 0.29) is 0 Å². The Bertz CT molecular complexity index is 467. The molecule has 2 rings (SSSR count). The molecule has 0 aliphatic carbocycles. The fraction of sp³-hybridized carbons (Fsp3) is 0. The second-order valence-electron chi connectivity index (χ2n) is 2.66. The number of halogens is 3. The van der Waals surface area contributed by atoms with E-state index in [1.165, 1.54) is 0 Å². The summed E-state index contributed by atoms with van der Waals surface area (Å²) in [6, 6.07) is 5.47. The fourth-order valence-electron chi connectivity index (χ4n) is 1.00. The largest absolute Gasteiger partial charge is 0.253 e. The van der Waals surface area contributed by atoms with Crippen LogP contribution in [0.15, 0.2) is 24.4 Å². The molecule has 3 nitrogen and oxygen atoms in total. The van der Waals surface area contributed by atoms with Crippen LogP contribution in [-0.4, -0.2) is 15.0 Å². The quantitative estimate of drug-likeness (QED) is 0.583. The molecule has 0 unspecified atom stereocenters. The topological polar surface area (TPSA) is 38.7 Å². The van der Waals surface area contributed by atoms with Crippen molar-refractivity contribution in [3.05, 3.63) is 38.3 Å². The molecule has 6 heteroatoms. The van der Waals surface area contributed by atoms with E-state index in [0.29, 0.717) is 25.4 Å². The van der Waals surface area contributed by atoms with E-state index in [4.69, 9.17) is 23.2 Å². The van der Waals surface area contributed by atoms with E-state index in [1.807, 2.05) is 34.7 Å². The SMILES string of the molecule is Clc1nc(-c2ccccn2)nc(Cl)c1I. The molecule has 76 valence electrons. The molecule has 2 heterocycles. The van der Waals surface area contributed by atoms with Crippen molar-refractivity contribution in [1.29, 1.82) is 0 Å². The van der Waals surface area contributed by atoms with Gasteiger partial charge >= 0.3 is 0 Å². The van der Waals surface area contributed by atoms with Crippen molar-refractivity contribution in [1.82, 2.24) is 15.0 Å². The van der Waals surface area contributed by atoms with Crippen LogP contribution in [0.3, 0.4) is 0 Å². The highest BCUT2D eigenvalue weighted by Gasteiger charge is 2.10. The summed E-state index contributed by atoms with van der Waals surface area (Å²) in [5.41, 5.74) is 0.651. The average Bonchev–Trinajstić information content (AvgIpc) is 2.26. The summed E-state index contributed by atoms with van der Waals surface area (Å²) in [7, 11) is 0. The van der Waals surface area contributed by atoms with Crippen molar-refractivity contribution in [3.63, 3.8) is 0 Å². The molecule has 0 aliphatic heterocycles. The van der Waals surface area contributed by atoms with Crippen molar-refractivity contribution in [2.75, 3.05) is 0 Å². The first-order valence-corrected chi connectivity index (χ1v) is 5.82. The van der Waals surface area contributed by atoms with Crippen LogP contribution in [0.5, 0.6) is 0 Å². The van der Waals surface area contributed by atoms with Crippen molar-refractivity contribution >= 4 is 45.8 Å². The van der Waals surface area contributed by atoms with Crippen LogP contribution in [0.4, 0.5) is 0 Å². The van der Waals surface area contributed by atoms with Gasteiger partial charge in [0.15, 0.2) is 5.82 Å². The Kier molecular flexibility index (Phi) is 3.38. The van der Waals surface area contributed by atoms with Crippen molar-refractivity contribution < 1.29 is 0 Å². The Balaban J connectivity index is 2.56. The van der Waals surface area contributed by atoms with Gasteiger partial charge in [-0.05, 0) is 34.7 Å². The summed E-state index contributed by atoms with van der Waals surface area (Å²) in [6.45, 7) is 0. The monoisotopic (exact) mass is 351 g/mol. The van der Waals surface area contributed by atoms with Gasteiger partial charge in [0, 0.05) is 6.20 Å². The molecule has 0 saturated heterocycles. The number of pyridine rings is 1. The Morgan fingerprint density at radius 1 is 1.07 bits per heavy atom. The zero-order valence-corrected chi connectivity index (χ0v) is 11.0. The molecule has 2 aromatic heterocycles. The minimum atomic E-state index is 0.344. The maximum Gasteiger partial charge on any atom is 0.181 e. The molecular weight excluding hydrogens is 348 g/mol. The van der Waals surface area contributed by atoms with Gasteiger partial charge in [-0.2, -0.15) is 0 Å². The number of hydrogen-bond donors (Lipinski definition) is 0. The van der Waals surface area contributed by atoms with Crippen molar-refractivity contribution in [2.24, 2.45) is 0 Å². The third kappa shape index (κ3) is 2.38. The van der Waals surface area contributed by atoms with Crippen LogP contribution in [0, 0.1) is 3.57 Å². The molecule has 0 fully saturated rings. The Labute approximate surface area is 110 Å². The van der Waals surface area contributed by atoms with Gasteiger partial charge in [-0.25, -0.2) is 9.97 Å². The van der Waals surface area contributed by atoms with Gasteiger partial charge in [0.05, 0.1) is 3.57 Å². The lowest BCUT2D eigenvalue weighted by atomic mass is 10.3. The lowest BCUT2D eigenvalue weighted by Gasteiger charge is -2.02. The first kappa shape index (κ1) is 11.0. The molecule has 0 saturated carbocycles. The highest BCUT2D eigenvalue weighted by Crippen LogP contribution is 2.25. The molecule has 2 aromatic rings. The van der Waals surface area contributed by atoms with Crippen LogP contribution in [0.25, 0.3) is 11.5 Å². The molecule has 0 bridgehead atoms. The minimum Gasteiger partial charge on any atom is -0.253 e. The van der Waals surface area contributed by atoms with E-state index < -0.39 is 0 Å². The molecule has 0 radical (unpaired) electrons. The summed E-state index contributed by atoms with van der Waals surface area (Å²) in [6.07, 6.45) is 1.67. The third-order valence-electron chi connectivity index (χ3n) is 1.66. The number of aromatic nitrogens is 3. The van der Waals surface area contributed by atoms with Gasteiger partial charge in [-0.3, -0.25) is 4.98 Å². The Morgan fingerprint density at radius 2 is 1.73 bits per heavy atom. The first-order chi connectivity index (χ1) is 7.18. The molecule has 0 amide bonds. The normalized spacial score (nSPS) is 10.3. The Hall–Kier alpha value is -0.460. The van der Waals surface area contributed by atoms with Gasteiger partial charge in [-0.1, -0.05) is 29.3 Å². The average molecular weight is 352 g/mol. The van der Waals surface area contributed by atoms with Crippen molar-refractivity contribution in [3.8, 4) is 11.5 Å². The second-order valence-corrected chi connectivity index (χ2v) is 4.45. The molecule has 0 atom stereocenters. The number of rotatable bonds is 1. The second kappa shape index (κ2) is 4.59. The number of nitrogens with zero attached hydrogens (tertiary/aromatic N) is 3. The summed E-state index contributed by atoms with van der Waals surface area (Å²) >= 11 is 13.8. The molecular formula is C9H4Cl2IN3. The third-order valence-corrected chi connectivity index (χ3v) is 3.87. The van der Waals surface area contributed by atoms with Crippen molar-refractivity contribution in [2.45, 2.75) is 0 Å². The van der Waals surface area contributed by atoms with E-state index in [9.17, 15) is 0 Å². The van der Waals surface area contributed by atoms with Gasteiger partial charge in [0.2, 0.25) is 0 Å². The van der Waals surface area contributed by atoms with Crippen LogP contribution >= 0.6 is 45.8 Å². The fourth-order valence-corrected chi connectivity index (χ4v) is 1.63. The first-order valence-electron chi connectivity index (χ1n) is 3.98. The predicted molar refractivity (Wildman–Crippen MR) is 68.0 cm³/mol. The molecule has 0 spiro atoms. The van der Waals surface area contributed by atoms with Gasteiger partial charge in [0.1, 0.15) is 16.0 Å². The van der Waals surface area contributed by atoms with Gasteiger partial charge in [0.25, 0.3) is 0 Å². The number of hydrogen-bond acceptors (Lipinski definition) is 3. The molecule has 15 heavy (non-hydrogen) atoms. The molecule has 0 aliphatic rings. The summed E-state index contributed by atoms with van der Waals surface area (Å²) < 4.78 is 0.649. The van der Waals surface area contributed by atoms with E-state index >= 15 is 0 Å². The zero-order valence-electron chi connectivity index (χ0n) is 7.28. The van der Waals surface area contributed by atoms with Gasteiger partial charge < -0.3 is 0 Å². The summed E-state index contributed by atoms with van der Waals surface area (Å²) in [5.74, 6) is 0.436. The highest BCUT2D eigenvalue weighted by molar-refractivity contribution is 14.1. The van der Waals surface area contributed by atoms with E-state index in [2.05, 4.69) is 15.0 Å². The maximum absolute atomic E-state index is 5.90. The Morgan fingerprint density at radius 3 is 2.27 bits per heavy atom. The van der Waals surface area contributed by atoms with E-state index in [1.54, 1.807) is 12.3 Å². The summed E-state index contributed by atoms with van der Waals surface area (Å²) in [4.78, 5) is 12.3.